The highest BCUT2D eigenvalue weighted by Gasteiger charge is 2.21. The molecule has 17 heavy (non-hydrogen) atoms. The number of benzene rings is 1. The van der Waals surface area contributed by atoms with Crippen LogP contribution in [0.15, 0.2) is 24.3 Å². The van der Waals surface area contributed by atoms with Crippen LogP contribution >= 0.6 is 0 Å². The predicted molar refractivity (Wildman–Crippen MR) is 64.0 cm³/mol. The molecule has 0 spiro atoms. The highest BCUT2D eigenvalue weighted by molar-refractivity contribution is 5.67. The van der Waals surface area contributed by atoms with Crippen molar-refractivity contribution in [3.63, 3.8) is 0 Å². The lowest BCUT2D eigenvalue weighted by atomic mass is 9.94. The molecular formula is C13H18O4. The van der Waals surface area contributed by atoms with Crippen LogP contribution < -0.4 is 4.74 Å². The summed E-state index contributed by atoms with van der Waals surface area (Å²) in [5, 5.41) is 18.8. The second-order valence-corrected chi connectivity index (χ2v) is 3.99. The van der Waals surface area contributed by atoms with E-state index in [9.17, 15) is 9.90 Å². The minimum absolute atomic E-state index is 0.0678. The van der Waals surface area contributed by atoms with Crippen LogP contribution in [0.1, 0.15) is 31.9 Å². The molecule has 0 amide bonds. The first kappa shape index (κ1) is 13.5. The zero-order valence-electron chi connectivity index (χ0n) is 10.1. The lowest BCUT2D eigenvalue weighted by molar-refractivity contribution is -0.139. The predicted octanol–water partition coefficient (Wildman–Crippen LogP) is 2.23. The molecule has 0 bridgehead atoms. The van der Waals surface area contributed by atoms with E-state index in [2.05, 4.69) is 0 Å². The maximum absolute atomic E-state index is 10.6. The molecule has 0 radical (unpaired) electrons. The molecule has 1 rings (SSSR count). The highest BCUT2D eigenvalue weighted by atomic mass is 16.5. The first-order valence-corrected chi connectivity index (χ1v) is 5.67. The van der Waals surface area contributed by atoms with E-state index < -0.39 is 12.1 Å². The summed E-state index contributed by atoms with van der Waals surface area (Å²) in [7, 11) is 0. The smallest absolute Gasteiger partial charge is 0.303 e. The summed E-state index contributed by atoms with van der Waals surface area (Å²) in [5.41, 5.74) is 0.642. The molecule has 2 N–H and O–H groups in total. The van der Waals surface area contributed by atoms with E-state index >= 15 is 0 Å². The molecule has 2 atom stereocenters. The molecule has 0 aliphatic heterocycles. The minimum atomic E-state index is -0.912. The summed E-state index contributed by atoms with van der Waals surface area (Å²) >= 11 is 0. The van der Waals surface area contributed by atoms with E-state index in [0.29, 0.717) is 17.9 Å². The van der Waals surface area contributed by atoms with Gasteiger partial charge in [-0.2, -0.15) is 0 Å². The van der Waals surface area contributed by atoms with Crippen LogP contribution in [0.3, 0.4) is 0 Å². The second-order valence-electron chi connectivity index (χ2n) is 3.99. The van der Waals surface area contributed by atoms with Crippen molar-refractivity contribution >= 4 is 5.97 Å². The molecule has 0 saturated heterocycles. The van der Waals surface area contributed by atoms with Gasteiger partial charge in [-0.1, -0.05) is 25.1 Å². The number of ether oxygens (including phenoxy) is 1. The largest absolute Gasteiger partial charge is 0.493 e. The lowest BCUT2D eigenvalue weighted by Gasteiger charge is -2.20. The molecule has 0 fully saturated rings. The number of para-hydroxylation sites is 1. The van der Waals surface area contributed by atoms with Gasteiger partial charge < -0.3 is 14.9 Å². The molecule has 0 saturated carbocycles. The van der Waals surface area contributed by atoms with Crippen molar-refractivity contribution in [2.24, 2.45) is 5.92 Å². The summed E-state index contributed by atoms with van der Waals surface area (Å²) in [5.74, 6) is -0.653. The quantitative estimate of drug-likeness (QED) is 0.797. The zero-order valence-corrected chi connectivity index (χ0v) is 10.1. The lowest BCUT2D eigenvalue weighted by Crippen LogP contribution is -2.14. The van der Waals surface area contributed by atoms with Crippen LogP contribution in [0, 0.1) is 5.92 Å². The van der Waals surface area contributed by atoms with Gasteiger partial charge in [0.1, 0.15) is 5.75 Å². The van der Waals surface area contributed by atoms with Gasteiger partial charge in [0.2, 0.25) is 0 Å². The van der Waals surface area contributed by atoms with Gasteiger partial charge in [0.05, 0.1) is 19.1 Å². The van der Waals surface area contributed by atoms with Crippen molar-refractivity contribution in [1.82, 2.24) is 0 Å². The van der Waals surface area contributed by atoms with Crippen LogP contribution in [0.2, 0.25) is 0 Å². The molecule has 4 heteroatoms. The van der Waals surface area contributed by atoms with Gasteiger partial charge in [-0.15, -0.1) is 0 Å². The zero-order chi connectivity index (χ0) is 12.8. The molecule has 2 unspecified atom stereocenters. The Morgan fingerprint density at radius 3 is 2.65 bits per heavy atom. The monoisotopic (exact) mass is 238 g/mol. The highest BCUT2D eigenvalue weighted by Crippen LogP contribution is 2.31. The number of aliphatic carboxylic acids is 1. The number of carbonyl (C=O) groups is 1. The minimum Gasteiger partial charge on any atom is -0.493 e. The van der Waals surface area contributed by atoms with Gasteiger partial charge in [-0.05, 0) is 18.9 Å². The normalized spacial score (nSPS) is 14.1. The fourth-order valence-corrected chi connectivity index (χ4v) is 1.71. The van der Waals surface area contributed by atoms with Crippen molar-refractivity contribution in [2.45, 2.75) is 26.4 Å². The molecular weight excluding hydrogens is 220 g/mol. The van der Waals surface area contributed by atoms with Gasteiger partial charge >= 0.3 is 5.97 Å². The Kier molecular flexibility index (Phi) is 4.97. The topological polar surface area (TPSA) is 66.8 Å². The van der Waals surface area contributed by atoms with Crippen LogP contribution in [0.5, 0.6) is 5.75 Å². The van der Waals surface area contributed by atoms with Crippen molar-refractivity contribution < 1.29 is 19.7 Å². The number of aliphatic hydroxyl groups excluding tert-OH is 1. The summed E-state index contributed by atoms with van der Waals surface area (Å²) in [6, 6.07) is 7.15. The Bertz CT molecular complexity index is 375. The van der Waals surface area contributed by atoms with Crippen molar-refractivity contribution in [3.8, 4) is 5.75 Å². The fraction of sp³-hybridized carbons (Fsp3) is 0.462. The summed E-state index contributed by atoms with van der Waals surface area (Å²) < 4.78 is 5.41. The molecule has 1 aromatic rings. The maximum atomic E-state index is 10.6. The molecule has 0 aliphatic carbocycles. The van der Waals surface area contributed by atoms with E-state index in [1.54, 1.807) is 25.1 Å². The Labute approximate surface area is 101 Å². The third-order valence-electron chi connectivity index (χ3n) is 2.57. The second kappa shape index (κ2) is 6.25. The van der Waals surface area contributed by atoms with Crippen LogP contribution in [-0.4, -0.2) is 22.8 Å². The Morgan fingerprint density at radius 2 is 2.06 bits per heavy atom. The van der Waals surface area contributed by atoms with E-state index in [-0.39, 0.29) is 12.3 Å². The number of carboxylic acid groups (broad SMARTS) is 1. The maximum Gasteiger partial charge on any atom is 0.303 e. The summed E-state index contributed by atoms with van der Waals surface area (Å²) in [6.45, 7) is 4.09. The van der Waals surface area contributed by atoms with E-state index in [4.69, 9.17) is 9.84 Å². The van der Waals surface area contributed by atoms with Gasteiger partial charge in [0, 0.05) is 5.56 Å². The summed E-state index contributed by atoms with van der Waals surface area (Å²) in [4.78, 5) is 10.6. The van der Waals surface area contributed by atoms with Crippen LogP contribution in [-0.2, 0) is 4.79 Å². The number of aliphatic hydroxyl groups is 1. The van der Waals surface area contributed by atoms with Gasteiger partial charge in [0.15, 0.2) is 0 Å². The first-order valence-electron chi connectivity index (χ1n) is 5.67. The number of rotatable bonds is 6. The average Bonchev–Trinajstić information content (AvgIpc) is 2.28. The van der Waals surface area contributed by atoms with E-state index in [1.807, 2.05) is 13.0 Å². The van der Waals surface area contributed by atoms with Crippen LogP contribution in [0.4, 0.5) is 0 Å². The van der Waals surface area contributed by atoms with Crippen molar-refractivity contribution in [3.05, 3.63) is 29.8 Å². The average molecular weight is 238 g/mol. The first-order chi connectivity index (χ1) is 8.06. The molecule has 1 aromatic carbocycles. The van der Waals surface area contributed by atoms with Crippen molar-refractivity contribution in [2.75, 3.05) is 6.61 Å². The van der Waals surface area contributed by atoms with Gasteiger partial charge in [-0.25, -0.2) is 0 Å². The number of hydrogen-bond donors (Lipinski definition) is 2. The Morgan fingerprint density at radius 1 is 1.41 bits per heavy atom. The third-order valence-corrected chi connectivity index (χ3v) is 2.57. The third kappa shape index (κ3) is 3.75. The fourth-order valence-electron chi connectivity index (χ4n) is 1.71. The van der Waals surface area contributed by atoms with E-state index in [0.717, 1.165) is 0 Å². The van der Waals surface area contributed by atoms with E-state index in [1.165, 1.54) is 0 Å². The molecule has 0 aromatic heterocycles. The SMILES string of the molecule is CCOc1ccccc1C(O)C(C)CC(=O)O. The molecule has 0 aliphatic rings. The molecule has 94 valence electrons. The van der Waals surface area contributed by atoms with Crippen molar-refractivity contribution in [1.29, 1.82) is 0 Å². The molecule has 4 nitrogen and oxygen atoms in total. The molecule has 0 heterocycles. The summed E-state index contributed by atoms with van der Waals surface area (Å²) in [6.07, 6.45) is -0.893. The van der Waals surface area contributed by atoms with Gasteiger partial charge in [0.25, 0.3) is 0 Å². The standard InChI is InChI=1S/C13H18O4/c1-3-17-11-7-5-4-6-10(11)13(16)9(2)8-12(14)15/h4-7,9,13,16H,3,8H2,1-2H3,(H,14,15). The number of hydrogen-bond acceptors (Lipinski definition) is 3. The van der Waals surface area contributed by atoms with Gasteiger partial charge in [-0.3, -0.25) is 4.79 Å². The Hall–Kier alpha value is -1.55. The van der Waals surface area contributed by atoms with Crippen LogP contribution in [0.25, 0.3) is 0 Å². The Balaban J connectivity index is 2.86. The number of carboxylic acids is 1.